The van der Waals surface area contributed by atoms with Crippen LogP contribution in [0.1, 0.15) is 30.4 Å². The lowest BCUT2D eigenvalue weighted by Gasteiger charge is -2.41. The highest BCUT2D eigenvalue weighted by molar-refractivity contribution is 6.31. The standard InChI is InChI=1S/C19H26ClFN4O3/c1-11-5-12(17(21)7-16(11)20)8-23-19(28)25(13-3-4-13)14-6-15(26)10-24(9-14)18(27)22-2/h5,7,13-15,26H,3-4,6,8-10H2,1-2H3,(H,22,27)(H,23,28). The Balaban J connectivity index is 1.69. The first kappa shape index (κ1) is 20.7. The van der Waals surface area contributed by atoms with Crippen molar-refractivity contribution in [2.24, 2.45) is 0 Å². The van der Waals surface area contributed by atoms with Gasteiger partial charge in [-0.3, -0.25) is 0 Å². The van der Waals surface area contributed by atoms with Gasteiger partial charge in [0.15, 0.2) is 0 Å². The monoisotopic (exact) mass is 412 g/mol. The lowest BCUT2D eigenvalue weighted by atomic mass is 10.0. The Morgan fingerprint density at radius 2 is 2.04 bits per heavy atom. The van der Waals surface area contributed by atoms with Crippen molar-refractivity contribution in [2.45, 2.75) is 50.9 Å². The number of benzene rings is 1. The molecule has 28 heavy (non-hydrogen) atoms. The molecule has 1 saturated carbocycles. The van der Waals surface area contributed by atoms with Gasteiger partial charge in [-0.2, -0.15) is 0 Å². The number of β-amino-alcohol motifs (C(OH)–C–C–N with tert-alkyl or cyclic N) is 1. The SMILES string of the molecule is CNC(=O)N1CC(O)CC(N(C(=O)NCc2cc(C)c(Cl)cc2F)C2CC2)C1. The van der Waals surface area contributed by atoms with E-state index in [1.165, 1.54) is 18.0 Å². The molecule has 2 aliphatic rings. The van der Waals surface area contributed by atoms with Crippen LogP contribution in [-0.4, -0.2) is 65.3 Å². The van der Waals surface area contributed by atoms with Gasteiger partial charge in [0.1, 0.15) is 5.82 Å². The van der Waals surface area contributed by atoms with E-state index in [0.717, 1.165) is 18.4 Å². The average molecular weight is 413 g/mol. The van der Waals surface area contributed by atoms with Crippen LogP contribution in [0.25, 0.3) is 0 Å². The highest BCUT2D eigenvalue weighted by Gasteiger charge is 2.41. The number of aliphatic hydroxyl groups is 1. The van der Waals surface area contributed by atoms with Crippen LogP contribution in [0, 0.1) is 12.7 Å². The minimum atomic E-state index is -0.693. The maximum atomic E-state index is 14.1. The number of piperidine rings is 1. The molecule has 1 saturated heterocycles. The van der Waals surface area contributed by atoms with Gasteiger partial charge in [-0.25, -0.2) is 14.0 Å². The number of nitrogens with one attached hydrogen (secondary N) is 2. The Labute approximate surface area is 168 Å². The third kappa shape index (κ3) is 4.67. The summed E-state index contributed by atoms with van der Waals surface area (Å²) in [5.41, 5.74) is 1.10. The van der Waals surface area contributed by atoms with Crippen molar-refractivity contribution in [2.75, 3.05) is 20.1 Å². The van der Waals surface area contributed by atoms with Crippen LogP contribution in [0.3, 0.4) is 0 Å². The lowest BCUT2D eigenvalue weighted by Crippen LogP contribution is -2.59. The number of hydrogen-bond donors (Lipinski definition) is 3. The molecule has 0 spiro atoms. The van der Waals surface area contributed by atoms with Crippen molar-refractivity contribution < 1.29 is 19.1 Å². The zero-order valence-corrected chi connectivity index (χ0v) is 16.8. The van der Waals surface area contributed by atoms with Crippen LogP contribution in [0.4, 0.5) is 14.0 Å². The number of likely N-dealkylation sites (tertiary alicyclic amines) is 1. The Morgan fingerprint density at radius 3 is 2.68 bits per heavy atom. The molecular weight excluding hydrogens is 387 g/mol. The van der Waals surface area contributed by atoms with E-state index in [2.05, 4.69) is 10.6 Å². The number of halogens is 2. The molecule has 1 aromatic rings. The zero-order chi connectivity index (χ0) is 20.4. The van der Waals surface area contributed by atoms with Crippen LogP contribution < -0.4 is 10.6 Å². The second-order valence-electron chi connectivity index (χ2n) is 7.49. The first-order valence-corrected chi connectivity index (χ1v) is 9.83. The van der Waals surface area contributed by atoms with Gasteiger partial charge >= 0.3 is 12.1 Å². The predicted molar refractivity (Wildman–Crippen MR) is 104 cm³/mol. The normalized spacial score (nSPS) is 22.0. The molecule has 154 valence electrons. The number of rotatable bonds is 4. The number of nitrogens with zero attached hydrogens (tertiary/aromatic N) is 2. The van der Waals surface area contributed by atoms with Gasteiger partial charge in [-0.15, -0.1) is 0 Å². The summed E-state index contributed by atoms with van der Waals surface area (Å²) in [5, 5.41) is 15.9. The minimum Gasteiger partial charge on any atom is -0.391 e. The number of carbonyl (C=O) groups excluding carboxylic acids is 2. The van der Waals surface area contributed by atoms with Gasteiger partial charge in [-0.1, -0.05) is 11.6 Å². The summed E-state index contributed by atoms with van der Waals surface area (Å²) < 4.78 is 14.1. The molecule has 0 aromatic heterocycles. The first-order chi connectivity index (χ1) is 13.3. The van der Waals surface area contributed by atoms with Crippen molar-refractivity contribution >= 4 is 23.7 Å². The second-order valence-corrected chi connectivity index (χ2v) is 7.90. The van der Waals surface area contributed by atoms with Gasteiger partial charge in [0.25, 0.3) is 0 Å². The van der Waals surface area contributed by atoms with Crippen LogP contribution in [0.2, 0.25) is 5.02 Å². The Hall–Kier alpha value is -2.06. The fourth-order valence-electron chi connectivity index (χ4n) is 3.67. The van der Waals surface area contributed by atoms with Crippen molar-refractivity contribution in [3.8, 4) is 0 Å². The minimum absolute atomic E-state index is 0.0420. The number of urea groups is 2. The van der Waals surface area contributed by atoms with Gasteiger partial charge < -0.3 is 25.5 Å². The largest absolute Gasteiger partial charge is 0.391 e. The van der Waals surface area contributed by atoms with Crippen LogP contribution in [0.15, 0.2) is 12.1 Å². The fraction of sp³-hybridized carbons (Fsp3) is 0.579. The van der Waals surface area contributed by atoms with Crippen molar-refractivity contribution in [1.29, 1.82) is 0 Å². The molecule has 3 N–H and O–H groups in total. The van der Waals surface area contributed by atoms with Crippen molar-refractivity contribution in [1.82, 2.24) is 20.4 Å². The smallest absolute Gasteiger partial charge is 0.318 e. The Kier molecular flexibility index (Phi) is 6.30. The molecule has 2 atom stereocenters. The molecule has 2 unspecified atom stereocenters. The molecule has 4 amide bonds. The molecule has 3 rings (SSSR count). The molecule has 1 aromatic carbocycles. The highest BCUT2D eigenvalue weighted by Crippen LogP contribution is 2.31. The van der Waals surface area contributed by atoms with E-state index in [-0.39, 0.29) is 37.2 Å². The average Bonchev–Trinajstić information content (AvgIpc) is 3.47. The molecule has 1 heterocycles. The van der Waals surface area contributed by atoms with E-state index < -0.39 is 11.9 Å². The van der Waals surface area contributed by atoms with E-state index in [4.69, 9.17) is 11.6 Å². The van der Waals surface area contributed by atoms with Gasteiger partial charge in [-0.05, 0) is 43.9 Å². The van der Waals surface area contributed by atoms with E-state index in [0.29, 0.717) is 23.6 Å². The number of aliphatic hydroxyl groups excluding tert-OH is 1. The van der Waals surface area contributed by atoms with Gasteiger partial charge in [0, 0.05) is 43.3 Å². The fourth-order valence-corrected chi connectivity index (χ4v) is 3.82. The summed E-state index contributed by atoms with van der Waals surface area (Å²) in [5.74, 6) is -0.465. The summed E-state index contributed by atoms with van der Waals surface area (Å²) >= 11 is 5.92. The molecule has 0 bridgehead atoms. The quantitative estimate of drug-likeness (QED) is 0.709. The zero-order valence-electron chi connectivity index (χ0n) is 16.0. The Bertz CT molecular complexity index is 759. The molecule has 2 fully saturated rings. The number of amides is 4. The van der Waals surface area contributed by atoms with Gasteiger partial charge in [0.2, 0.25) is 0 Å². The van der Waals surface area contributed by atoms with E-state index >= 15 is 0 Å². The summed E-state index contributed by atoms with van der Waals surface area (Å²) in [6.45, 7) is 2.42. The molecule has 1 aliphatic heterocycles. The third-order valence-electron chi connectivity index (χ3n) is 5.23. The van der Waals surface area contributed by atoms with E-state index in [1.807, 2.05) is 0 Å². The predicted octanol–water partition coefficient (Wildman–Crippen LogP) is 2.24. The molecule has 1 aliphatic carbocycles. The van der Waals surface area contributed by atoms with Crippen molar-refractivity contribution in [3.05, 3.63) is 34.1 Å². The van der Waals surface area contributed by atoms with Crippen molar-refractivity contribution in [3.63, 3.8) is 0 Å². The molecule has 9 heteroatoms. The van der Waals surface area contributed by atoms with Crippen LogP contribution >= 0.6 is 11.6 Å². The van der Waals surface area contributed by atoms with E-state index in [9.17, 15) is 19.1 Å². The van der Waals surface area contributed by atoms with E-state index in [1.54, 1.807) is 17.9 Å². The first-order valence-electron chi connectivity index (χ1n) is 9.45. The van der Waals surface area contributed by atoms with Crippen LogP contribution in [0.5, 0.6) is 0 Å². The maximum absolute atomic E-state index is 14.1. The van der Waals surface area contributed by atoms with Gasteiger partial charge in [0.05, 0.1) is 12.1 Å². The number of hydrogen-bond acceptors (Lipinski definition) is 3. The molecular formula is C19H26ClFN4O3. The summed E-state index contributed by atoms with van der Waals surface area (Å²) in [6.07, 6.45) is 1.48. The summed E-state index contributed by atoms with van der Waals surface area (Å²) in [6, 6.07) is 2.07. The molecule has 0 radical (unpaired) electrons. The maximum Gasteiger partial charge on any atom is 0.318 e. The Morgan fingerprint density at radius 1 is 1.32 bits per heavy atom. The highest BCUT2D eigenvalue weighted by atomic mass is 35.5. The number of aryl methyl sites for hydroxylation is 1. The third-order valence-corrected chi connectivity index (χ3v) is 5.64. The van der Waals surface area contributed by atoms with Crippen LogP contribution in [-0.2, 0) is 6.54 Å². The summed E-state index contributed by atoms with van der Waals surface area (Å²) in [7, 11) is 1.53. The topological polar surface area (TPSA) is 84.9 Å². The number of carbonyl (C=O) groups is 2. The second kappa shape index (κ2) is 8.53. The summed E-state index contributed by atoms with van der Waals surface area (Å²) in [4.78, 5) is 28.1. The molecule has 7 nitrogen and oxygen atoms in total. The lowest BCUT2D eigenvalue weighted by molar-refractivity contribution is 0.0356.